The molecule has 29 heavy (non-hydrogen) atoms. The fourth-order valence-corrected chi connectivity index (χ4v) is 5.06. The van der Waals surface area contributed by atoms with Crippen molar-refractivity contribution in [3.63, 3.8) is 0 Å². The van der Waals surface area contributed by atoms with Crippen molar-refractivity contribution in [3.8, 4) is 11.5 Å². The summed E-state index contributed by atoms with van der Waals surface area (Å²) in [6, 6.07) is 15.1. The van der Waals surface area contributed by atoms with Gasteiger partial charge in [0.15, 0.2) is 0 Å². The molecule has 0 amide bonds. The first-order valence-corrected chi connectivity index (χ1v) is 10.8. The number of quaternary nitrogens is 1. The topological polar surface area (TPSA) is 38.5 Å². The van der Waals surface area contributed by atoms with Gasteiger partial charge in [0.05, 0.1) is 51.3 Å². The summed E-state index contributed by atoms with van der Waals surface area (Å²) in [6.45, 7) is 7.85. The molecule has 0 bridgehead atoms. The number of rotatable bonds is 3. The van der Waals surface area contributed by atoms with Crippen LogP contribution in [0.2, 0.25) is 0 Å². The lowest BCUT2D eigenvalue weighted by atomic mass is 9.90. The molecule has 1 fully saturated rings. The maximum Gasteiger partial charge on any atom is 0.208 e. The Morgan fingerprint density at radius 1 is 1.21 bits per heavy atom. The standard InChI is InChI=1S/C24H29N3O2/c1-4-26-12-10-24(11-13-26)27-22(20-14-17(2)8-9-23(20)29-24)16-21(25-27)18-6-5-7-19(15-18)28-3/h5-9,14-15,22H,4,10-13,16H2,1-3H3/p+1/t22-/m1/s1. The van der Waals surface area contributed by atoms with Crippen LogP contribution in [0.3, 0.4) is 0 Å². The Morgan fingerprint density at radius 3 is 2.79 bits per heavy atom. The van der Waals surface area contributed by atoms with Gasteiger partial charge in [-0.25, -0.2) is 5.01 Å². The Morgan fingerprint density at radius 2 is 2.03 bits per heavy atom. The summed E-state index contributed by atoms with van der Waals surface area (Å²) in [5.41, 5.74) is 4.47. The van der Waals surface area contributed by atoms with Crippen LogP contribution in [-0.2, 0) is 0 Å². The third-order valence-corrected chi connectivity index (χ3v) is 6.79. The molecule has 2 aromatic carbocycles. The van der Waals surface area contributed by atoms with Crippen molar-refractivity contribution in [1.82, 2.24) is 5.01 Å². The maximum atomic E-state index is 6.73. The number of ether oxygens (including phenoxy) is 2. The molecule has 0 aliphatic carbocycles. The quantitative estimate of drug-likeness (QED) is 0.873. The van der Waals surface area contributed by atoms with Crippen LogP contribution in [0.4, 0.5) is 0 Å². The van der Waals surface area contributed by atoms with Crippen LogP contribution in [0.5, 0.6) is 11.5 Å². The minimum Gasteiger partial charge on any atom is -0.497 e. The van der Waals surface area contributed by atoms with E-state index in [0.29, 0.717) is 0 Å². The van der Waals surface area contributed by atoms with E-state index in [-0.39, 0.29) is 11.8 Å². The smallest absolute Gasteiger partial charge is 0.208 e. The number of likely N-dealkylation sites (tertiary alicyclic amines) is 1. The lowest BCUT2D eigenvalue weighted by molar-refractivity contribution is -0.906. The second-order valence-electron chi connectivity index (χ2n) is 8.54. The monoisotopic (exact) mass is 392 g/mol. The summed E-state index contributed by atoms with van der Waals surface area (Å²) in [6.07, 6.45) is 2.92. The van der Waals surface area contributed by atoms with E-state index in [0.717, 1.165) is 55.1 Å². The number of nitrogens with one attached hydrogen (secondary N) is 1. The second-order valence-corrected chi connectivity index (χ2v) is 8.54. The van der Waals surface area contributed by atoms with Crippen LogP contribution in [0.1, 0.15) is 48.9 Å². The van der Waals surface area contributed by atoms with Gasteiger partial charge in [-0.1, -0.05) is 29.8 Å². The molecule has 0 aromatic heterocycles. The highest BCUT2D eigenvalue weighted by Crippen LogP contribution is 2.49. The summed E-state index contributed by atoms with van der Waals surface area (Å²) in [5, 5.41) is 7.47. The van der Waals surface area contributed by atoms with Crippen LogP contribution in [0, 0.1) is 6.92 Å². The minimum atomic E-state index is -0.327. The zero-order valence-electron chi connectivity index (χ0n) is 17.6. The molecule has 0 saturated carbocycles. The van der Waals surface area contributed by atoms with E-state index in [4.69, 9.17) is 14.6 Å². The number of piperidine rings is 1. The molecule has 5 nitrogen and oxygen atoms in total. The van der Waals surface area contributed by atoms with Gasteiger partial charge in [0, 0.05) is 17.5 Å². The molecular formula is C24H30N3O2+. The van der Waals surface area contributed by atoms with Crippen molar-refractivity contribution in [2.45, 2.75) is 44.9 Å². The number of hydrogen-bond donors (Lipinski definition) is 1. The van der Waals surface area contributed by atoms with E-state index in [9.17, 15) is 0 Å². The normalized spacial score (nSPS) is 27.8. The van der Waals surface area contributed by atoms with Crippen molar-refractivity contribution >= 4 is 5.71 Å². The molecule has 3 heterocycles. The van der Waals surface area contributed by atoms with Crippen LogP contribution in [-0.4, -0.2) is 43.2 Å². The molecule has 3 aliphatic rings. The van der Waals surface area contributed by atoms with Gasteiger partial charge >= 0.3 is 0 Å². The molecule has 5 heteroatoms. The summed E-state index contributed by atoms with van der Waals surface area (Å²) in [5.74, 6) is 1.91. The molecule has 5 rings (SSSR count). The van der Waals surface area contributed by atoms with Gasteiger partial charge in [0.25, 0.3) is 0 Å². The number of hydrogen-bond acceptors (Lipinski definition) is 4. The van der Waals surface area contributed by atoms with E-state index in [1.54, 1.807) is 12.0 Å². The van der Waals surface area contributed by atoms with Crippen LogP contribution >= 0.6 is 0 Å². The predicted molar refractivity (Wildman–Crippen MR) is 114 cm³/mol. The number of nitrogens with zero attached hydrogens (tertiary/aromatic N) is 2. The highest BCUT2D eigenvalue weighted by molar-refractivity contribution is 6.02. The maximum absolute atomic E-state index is 6.73. The Bertz CT molecular complexity index is 947. The highest BCUT2D eigenvalue weighted by atomic mass is 16.5. The third-order valence-electron chi connectivity index (χ3n) is 6.79. The Kier molecular flexibility index (Phi) is 4.50. The van der Waals surface area contributed by atoms with Crippen LogP contribution < -0.4 is 14.4 Å². The Balaban J connectivity index is 1.56. The molecule has 1 N–H and O–H groups in total. The van der Waals surface area contributed by atoms with Crippen LogP contribution in [0.25, 0.3) is 0 Å². The fraction of sp³-hybridized carbons (Fsp3) is 0.458. The van der Waals surface area contributed by atoms with Gasteiger partial charge in [-0.2, -0.15) is 5.10 Å². The highest BCUT2D eigenvalue weighted by Gasteiger charge is 2.52. The fourth-order valence-electron chi connectivity index (χ4n) is 5.06. The van der Waals surface area contributed by atoms with Gasteiger partial charge < -0.3 is 14.4 Å². The molecule has 1 spiro atoms. The lowest BCUT2D eigenvalue weighted by Gasteiger charge is -2.50. The molecule has 0 radical (unpaired) electrons. The van der Waals surface area contributed by atoms with Crippen molar-refractivity contribution in [3.05, 3.63) is 59.2 Å². The lowest BCUT2D eigenvalue weighted by Crippen LogP contribution is -3.13. The number of fused-ring (bicyclic) bond motifs is 4. The largest absolute Gasteiger partial charge is 0.497 e. The molecule has 0 unspecified atom stereocenters. The Hall–Kier alpha value is -2.53. The third kappa shape index (κ3) is 3.08. The van der Waals surface area contributed by atoms with Crippen LogP contribution in [0.15, 0.2) is 47.6 Å². The van der Waals surface area contributed by atoms with Gasteiger partial charge in [-0.3, -0.25) is 0 Å². The summed E-state index contributed by atoms with van der Waals surface area (Å²) >= 11 is 0. The summed E-state index contributed by atoms with van der Waals surface area (Å²) in [4.78, 5) is 1.65. The Labute approximate surface area is 172 Å². The average Bonchev–Trinajstić information content (AvgIpc) is 3.22. The predicted octanol–water partition coefficient (Wildman–Crippen LogP) is 2.94. The zero-order chi connectivity index (χ0) is 20.0. The number of aryl methyl sites for hydroxylation is 1. The summed E-state index contributed by atoms with van der Waals surface area (Å²) in [7, 11) is 1.71. The SMILES string of the molecule is CC[NH+]1CCC2(CC1)Oc1ccc(C)cc1[C@H]1CC(c3cccc(OC)c3)=NN12. The average molecular weight is 393 g/mol. The van der Waals surface area contributed by atoms with Gasteiger partial charge in [-0.05, 0) is 32.0 Å². The molecule has 1 atom stereocenters. The molecule has 2 aromatic rings. The van der Waals surface area contributed by atoms with Crippen molar-refractivity contribution in [2.24, 2.45) is 5.10 Å². The van der Waals surface area contributed by atoms with Gasteiger partial charge in [0.1, 0.15) is 11.5 Å². The van der Waals surface area contributed by atoms with Gasteiger partial charge in [-0.15, -0.1) is 0 Å². The summed E-state index contributed by atoms with van der Waals surface area (Å²) < 4.78 is 12.2. The van der Waals surface area contributed by atoms with Crippen molar-refractivity contribution in [1.29, 1.82) is 0 Å². The molecule has 3 aliphatic heterocycles. The number of hydrazone groups is 1. The van der Waals surface area contributed by atoms with E-state index in [1.807, 2.05) is 12.1 Å². The van der Waals surface area contributed by atoms with E-state index >= 15 is 0 Å². The number of methoxy groups -OCH3 is 1. The molecule has 1 saturated heterocycles. The van der Waals surface area contributed by atoms with Crippen molar-refractivity contribution in [2.75, 3.05) is 26.7 Å². The minimum absolute atomic E-state index is 0.239. The first kappa shape index (κ1) is 18.5. The first-order valence-electron chi connectivity index (χ1n) is 10.8. The van der Waals surface area contributed by atoms with E-state index in [1.165, 1.54) is 17.7 Å². The van der Waals surface area contributed by atoms with Crippen molar-refractivity contribution < 1.29 is 14.4 Å². The number of benzene rings is 2. The zero-order valence-corrected chi connectivity index (χ0v) is 17.6. The van der Waals surface area contributed by atoms with E-state index in [2.05, 4.69) is 49.2 Å². The molecule has 152 valence electrons. The van der Waals surface area contributed by atoms with Gasteiger partial charge in [0.2, 0.25) is 5.72 Å². The van der Waals surface area contributed by atoms with E-state index < -0.39 is 0 Å². The molecular weight excluding hydrogens is 362 g/mol. The second kappa shape index (κ2) is 7.06. The first-order chi connectivity index (χ1) is 14.1.